The predicted molar refractivity (Wildman–Crippen MR) is 73.5 cm³/mol. The molecule has 0 amide bonds. The Morgan fingerprint density at radius 2 is 1.84 bits per heavy atom. The highest BCUT2D eigenvalue weighted by Crippen LogP contribution is 2.27. The fourth-order valence-electron chi connectivity index (χ4n) is 2.64. The third kappa shape index (κ3) is 2.42. The zero-order chi connectivity index (χ0) is 13.5. The first-order valence-electron chi connectivity index (χ1n) is 6.31. The van der Waals surface area contributed by atoms with E-state index >= 15 is 0 Å². The zero-order valence-electron chi connectivity index (χ0n) is 10.8. The number of aromatic nitrogens is 2. The molecule has 1 aromatic heterocycles. The molecule has 0 saturated carbocycles. The Hall–Kier alpha value is -1.62. The van der Waals surface area contributed by atoms with Crippen molar-refractivity contribution >= 4 is 9.84 Å². The molecule has 0 fully saturated rings. The van der Waals surface area contributed by atoms with Gasteiger partial charge in [0.05, 0.1) is 16.7 Å². The molecule has 1 aromatic carbocycles. The second-order valence-corrected chi connectivity index (χ2v) is 7.37. The van der Waals surface area contributed by atoms with Crippen LogP contribution >= 0.6 is 0 Å². The van der Waals surface area contributed by atoms with E-state index in [1.165, 1.54) is 0 Å². The van der Waals surface area contributed by atoms with Gasteiger partial charge in [0, 0.05) is 13.2 Å². The molecule has 1 aliphatic carbocycles. The quantitative estimate of drug-likeness (QED) is 0.853. The molecule has 0 bridgehead atoms. The topological polar surface area (TPSA) is 52.0 Å². The van der Waals surface area contributed by atoms with Crippen LogP contribution in [0, 0.1) is 0 Å². The number of sulfone groups is 1. The lowest BCUT2D eigenvalue weighted by molar-refractivity contribution is 0.578. The second-order valence-electron chi connectivity index (χ2n) is 5.09. The standard InChI is InChI=1S/C14H16N2O2S/c1-16-7-6-13(15-16)10-19(17,18)14-8-11-4-2-3-5-12(11)9-14/h2-7,14H,8-10H2,1H3. The minimum atomic E-state index is -3.14. The first kappa shape index (κ1) is 12.4. The van der Waals surface area contributed by atoms with E-state index in [0.717, 1.165) is 11.1 Å². The van der Waals surface area contributed by atoms with E-state index in [2.05, 4.69) is 5.10 Å². The molecule has 0 N–H and O–H groups in total. The molecule has 0 spiro atoms. The highest BCUT2D eigenvalue weighted by atomic mass is 32.2. The average Bonchev–Trinajstić information content (AvgIpc) is 2.95. The molecule has 0 radical (unpaired) electrons. The first-order chi connectivity index (χ1) is 9.04. The van der Waals surface area contributed by atoms with Gasteiger partial charge in [-0.05, 0) is 30.0 Å². The van der Waals surface area contributed by atoms with Gasteiger partial charge in [0.25, 0.3) is 0 Å². The van der Waals surface area contributed by atoms with Crippen molar-refractivity contribution in [2.45, 2.75) is 23.8 Å². The van der Waals surface area contributed by atoms with Crippen LogP contribution < -0.4 is 0 Å². The van der Waals surface area contributed by atoms with Crippen molar-refractivity contribution in [1.82, 2.24) is 9.78 Å². The minimum Gasteiger partial charge on any atom is -0.276 e. The van der Waals surface area contributed by atoms with E-state index in [4.69, 9.17) is 0 Å². The lowest BCUT2D eigenvalue weighted by Gasteiger charge is -2.09. The van der Waals surface area contributed by atoms with Crippen LogP contribution in [-0.4, -0.2) is 23.4 Å². The lowest BCUT2D eigenvalue weighted by Crippen LogP contribution is -2.23. The molecule has 4 nitrogen and oxygen atoms in total. The molecule has 0 aliphatic heterocycles. The zero-order valence-corrected chi connectivity index (χ0v) is 11.6. The van der Waals surface area contributed by atoms with Gasteiger partial charge < -0.3 is 0 Å². The SMILES string of the molecule is Cn1ccc(CS(=O)(=O)C2Cc3ccccc3C2)n1. The van der Waals surface area contributed by atoms with Gasteiger partial charge in [0.1, 0.15) is 0 Å². The Morgan fingerprint density at radius 3 is 2.37 bits per heavy atom. The summed E-state index contributed by atoms with van der Waals surface area (Å²) in [5, 5.41) is 3.85. The van der Waals surface area contributed by atoms with Gasteiger partial charge in [0.2, 0.25) is 0 Å². The summed E-state index contributed by atoms with van der Waals surface area (Å²) < 4.78 is 26.5. The van der Waals surface area contributed by atoms with Crippen molar-refractivity contribution in [1.29, 1.82) is 0 Å². The summed E-state index contributed by atoms with van der Waals surface area (Å²) in [5.41, 5.74) is 2.95. The third-order valence-electron chi connectivity index (χ3n) is 3.64. The minimum absolute atomic E-state index is 0.0342. The third-order valence-corrected chi connectivity index (χ3v) is 5.69. The van der Waals surface area contributed by atoms with Crippen molar-refractivity contribution in [3.8, 4) is 0 Å². The van der Waals surface area contributed by atoms with Crippen molar-refractivity contribution in [3.63, 3.8) is 0 Å². The maximum atomic E-state index is 12.4. The van der Waals surface area contributed by atoms with Gasteiger partial charge in [-0.2, -0.15) is 5.10 Å². The summed E-state index contributed by atoms with van der Waals surface area (Å²) in [6.45, 7) is 0. The van der Waals surface area contributed by atoms with Crippen LogP contribution in [0.1, 0.15) is 16.8 Å². The number of hydrogen-bond donors (Lipinski definition) is 0. The van der Waals surface area contributed by atoms with Crippen LogP contribution in [-0.2, 0) is 35.5 Å². The van der Waals surface area contributed by atoms with Crippen molar-refractivity contribution in [2.75, 3.05) is 0 Å². The maximum absolute atomic E-state index is 12.4. The van der Waals surface area contributed by atoms with Gasteiger partial charge in [-0.1, -0.05) is 24.3 Å². The molecule has 100 valence electrons. The van der Waals surface area contributed by atoms with Crippen LogP contribution in [0.5, 0.6) is 0 Å². The summed E-state index contributed by atoms with van der Waals surface area (Å²) in [7, 11) is -1.35. The Bertz CT molecular complexity index is 679. The number of rotatable bonds is 3. The average molecular weight is 276 g/mol. The number of fused-ring (bicyclic) bond motifs is 1. The summed E-state index contributed by atoms with van der Waals surface area (Å²) in [6.07, 6.45) is 3.03. The number of hydrogen-bond acceptors (Lipinski definition) is 3. The van der Waals surface area contributed by atoms with Crippen molar-refractivity contribution in [3.05, 3.63) is 53.3 Å². The molecular weight excluding hydrogens is 260 g/mol. The fraction of sp³-hybridized carbons (Fsp3) is 0.357. The molecule has 0 atom stereocenters. The Balaban J connectivity index is 1.80. The molecular formula is C14H16N2O2S. The molecule has 0 unspecified atom stereocenters. The Labute approximate surface area is 113 Å². The van der Waals surface area contributed by atoms with E-state index < -0.39 is 9.84 Å². The number of aryl methyl sites for hydroxylation is 1. The monoisotopic (exact) mass is 276 g/mol. The Kier molecular flexibility index (Phi) is 2.93. The molecule has 0 saturated heterocycles. The van der Waals surface area contributed by atoms with E-state index in [9.17, 15) is 8.42 Å². The van der Waals surface area contributed by atoms with Gasteiger partial charge in [-0.15, -0.1) is 0 Å². The molecule has 1 heterocycles. The highest BCUT2D eigenvalue weighted by molar-refractivity contribution is 7.91. The number of nitrogens with zero attached hydrogens (tertiary/aromatic N) is 2. The van der Waals surface area contributed by atoms with Crippen molar-refractivity contribution < 1.29 is 8.42 Å². The van der Waals surface area contributed by atoms with E-state index in [0.29, 0.717) is 18.5 Å². The van der Waals surface area contributed by atoms with Crippen LogP contribution in [0.25, 0.3) is 0 Å². The van der Waals surface area contributed by atoms with Crippen LogP contribution in [0.15, 0.2) is 36.5 Å². The first-order valence-corrected chi connectivity index (χ1v) is 8.03. The molecule has 2 aromatic rings. The normalized spacial score (nSPS) is 15.6. The van der Waals surface area contributed by atoms with E-state index in [1.54, 1.807) is 24.0 Å². The smallest absolute Gasteiger partial charge is 0.159 e. The summed E-state index contributed by atoms with van der Waals surface area (Å²) in [4.78, 5) is 0. The highest BCUT2D eigenvalue weighted by Gasteiger charge is 2.32. The number of benzene rings is 1. The Morgan fingerprint density at radius 1 is 1.21 bits per heavy atom. The molecule has 5 heteroatoms. The summed E-state index contributed by atoms with van der Waals surface area (Å²) >= 11 is 0. The maximum Gasteiger partial charge on any atom is 0.159 e. The van der Waals surface area contributed by atoms with Gasteiger partial charge in [-0.25, -0.2) is 8.42 Å². The van der Waals surface area contributed by atoms with Crippen LogP contribution in [0.3, 0.4) is 0 Å². The molecule has 3 rings (SSSR count). The lowest BCUT2D eigenvalue weighted by atomic mass is 10.1. The van der Waals surface area contributed by atoms with Gasteiger partial charge in [-0.3, -0.25) is 4.68 Å². The van der Waals surface area contributed by atoms with Crippen molar-refractivity contribution in [2.24, 2.45) is 7.05 Å². The predicted octanol–water partition coefficient (Wildman–Crippen LogP) is 1.50. The summed E-state index contributed by atoms with van der Waals surface area (Å²) in [6, 6.07) is 9.73. The van der Waals surface area contributed by atoms with Crippen LogP contribution in [0.4, 0.5) is 0 Å². The van der Waals surface area contributed by atoms with Gasteiger partial charge in [0.15, 0.2) is 9.84 Å². The fourth-order valence-corrected chi connectivity index (χ4v) is 4.31. The summed E-state index contributed by atoms with van der Waals surface area (Å²) in [5.74, 6) is 0.0342. The molecule has 19 heavy (non-hydrogen) atoms. The van der Waals surface area contributed by atoms with E-state index in [1.807, 2.05) is 24.3 Å². The largest absolute Gasteiger partial charge is 0.276 e. The molecule has 1 aliphatic rings. The van der Waals surface area contributed by atoms with Gasteiger partial charge >= 0.3 is 0 Å². The van der Waals surface area contributed by atoms with E-state index in [-0.39, 0.29) is 11.0 Å². The second kappa shape index (κ2) is 4.49. The van der Waals surface area contributed by atoms with Crippen LogP contribution in [0.2, 0.25) is 0 Å².